The maximum atomic E-state index is 2.54. The summed E-state index contributed by atoms with van der Waals surface area (Å²) in [5.41, 5.74) is 5.13. The minimum absolute atomic E-state index is 1.25. The van der Waals surface area contributed by atoms with Gasteiger partial charge in [0.2, 0.25) is 0 Å². The molecule has 0 radical (unpaired) electrons. The van der Waals surface area contributed by atoms with Crippen LogP contribution in [0.2, 0.25) is 0 Å². The van der Waals surface area contributed by atoms with Gasteiger partial charge >= 0.3 is 0 Å². The number of hydrogen-bond acceptors (Lipinski definition) is 0. The molecule has 0 saturated heterocycles. The molecule has 13 aromatic carbocycles. The molecule has 0 amide bonds. The van der Waals surface area contributed by atoms with Crippen molar-refractivity contribution >= 4 is 108 Å². The van der Waals surface area contributed by atoms with Gasteiger partial charge in [-0.05, 0) is 160 Å². The van der Waals surface area contributed by atoms with E-state index in [-0.39, 0.29) is 0 Å². The topological polar surface area (TPSA) is 0 Å². The summed E-state index contributed by atoms with van der Waals surface area (Å²) in [4.78, 5) is 0. The second-order valence-electron chi connectivity index (χ2n) is 15.1. The van der Waals surface area contributed by atoms with Gasteiger partial charge in [0.05, 0.1) is 0 Å². The van der Waals surface area contributed by atoms with E-state index in [9.17, 15) is 0 Å². The van der Waals surface area contributed by atoms with Gasteiger partial charge in [0.25, 0.3) is 0 Å². The molecule has 0 bridgehead atoms. The average molecular weight is 679 g/mol. The minimum Gasteiger partial charge on any atom is -0.0616 e. The number of rotatable bonds is 2. The van der Waals surface area contributed by atoms with Gasteiger partial charge in [0.15, 0.2) is 0 Å². The number of fused-ring (bicyclic) bond motifs is 11. The smallest absolute Gasteiger partial charge is 0.000719 e. The fourth-order valence-electron chi connectivity index (χ4n) is 10.2. The first-order chi connectivity index (χ1) is 26.8. The maximum Gasteiger partial charge on any atom is -0.000719 e. The molecule has 13 rings (SSSR count). The van der Waals surface area contributed by atoms with Crippen molar-refractivity contribution < 1.29 is 0 Å². The fourth-order valence-corrected chi connectivity index (χ4v) is 10.2. The number of hydrogen-bond donors (Lipinski definition) is 0. The largest absolute Gasteiger partial charge is 0.0616 e. The molecule has 0 N–H and O–H groups in total. The third-order valence-electron chi connectivity index (χ3n) is 12.4. The standard InChI is InChI=1S/C54H30/c1-3-12-34-26-37(24-22-31(34)10-1)50-46-29-44-41-18-7-15-33-16-8-19-42(49(33)41)45(44)30-47(46)51(38-25-23-32-11-2-4-13-35(32)27-38)54-48-28-36-14-5-6-17-39(36)40-20-9-21-43(52(40)48)53(50)54/h1-30H. The fraction of sp³-hybridized carbons (Fsp3) is 0. The first kappa shape index (κ1) is 28.6. The van der Waals surface area contributed by atoms with Gasteiger partial charge in [-0.2, -0.15) is 0 Å². The molecule has 0 spiro atoms. The molecule has 0 unspecified atom stereocenters. The molecule has 0 aliphatic rings. The van der Waals surface area contributed by atoms with Crippen molar-refractivity contribution in [3.05, 3.63) is 182 Å². The Morgan fingerprint density at radius 1 is 0.185 bits per heavy atom. The molecular formula is C54H30. The van der Waals surface area contributed by atoms with Gasteiger partial charge in [-0.15, -0.1) is 0 Å². The van der Waals surface area contributed by atoms with E-state index in [4.69, 9.17) is 0 Å². The third kappa shape index (κ3) is 3.67. The van der Waals surface area contributed by atoms with Crippen LogP contribution in [0.5, 0.6) is 0 Å². The third-order valence-corrected chi connectivity index (χ3v) is 12.4. The zero-order chi connectivity index (χ0) is 35.1. The Bertz CT molecular complexity index is 3710. The second kappa shape index (κ2) is 10.3. The van der Waals surface area contributed by atoms with Crippen LogP contribution in [0.25, 0.3) is 130 Å². The minimum atomic E-state index is 1.25. The van der Waals surface area contributed by atoms with Gasteiger partial charge in [-0.1, -0.05) is 152 Å². The summed E-state index contributed by atoms with van der Waals surface area (Å²) in [5.74, 6) is 0. The monoisotopic (exact) mass is 678 g/mol. The number of benzene rings is 11. The van der Waals surface area contributed by atoms with E-state index in [1.54, 1.807) is 0 Å². The van der Waals surface area contributed by atoms with Crippen LogP contribution in [0.15, 0.2) is 182 Å². The first-order valence-electron chi connectivity index (χ1n) is 18.9. The Morgan fingerprint density at radius 2 is 0.630 bits per heavy atom. The van der Waals surface area contributed by atoms with Crippen molar-refractivity contribution in [1.29, 1.82) is 0 Å². The Morgan fingerprint density at radius 3 is 1.24 bits per heavy atom. The lowest BCUT2D eigenvalue weighted by atomic mass is 9.84. The molecule has 0 atom stereocenters. The van der Waals surface area contributed by atoms with E-state index >= 15 is 0 Å². The molecule has 0 aromatic heterocycles. The van der Waals surface area contributed by atoms with E-state index in [2.05, 4.69) is 182 Å². The summed E-state index contributed by atoms with van der Waals surface area (Å²) in [6.45, 7) is 0. The van der Waals surface area contributed by atoms with Gasteiger partial charge in [0.1, 0.15) is 0 Å². The van der Waals surface area contributed by atoms with Crippen molar-refractivity contribution in [2.45, 2.75) is 0 Å². The SMILES string of the molecule is c1ccc2cc(-c3c4cc5c(cc4c(-c4ccc6ccccc6c4)c4c6cc7ccccc7c7cccc(c34)c76)c3cccc4cccc5c43)ccc2c1. The molecule has 0 nitrogen and oxygen atoms in total. The molecule has 246 valence electrons. The molecule has 54 heavy (non-hydrogen) atoms. The predicted octanol–water partition coefficient (Wildman–Crippen LogP) is 15.4. The maximum absolute atomic E-state index is 2.54. The van der Waals surface area contributed by atoms with Crippen LogP contribution in [-0.2, 0) is 0 Å². The van der Waals surface area contributed by atoms with Crippen molar-refractivity contribution in [2.75, 3.05) is 0 Å². The highest BCUT2D eigenvalue weighted by Crippen LogP contribution is 2.54. The summed E-state index contributed by atoms with van der Waals surface area (Å²) in [6.07, 6.45) is 0. The zero-order valence-corrected chi connectivity index (χ0v) is 29.3. The average Bonchev–Trinajstić information content (AvgIpc) is 3.72. The predicted molar refractivity (Wildman–Crippen MR) is 235 cm³/mol. The lowest BCUT2D eigenvalue weighted by Crippen LogP contribution is -1.90. The summed E-state index contributed by atoms with van der Waals surface area (Å²) >= 11 is 0. The molecular weight excluding hydrogens is 649 g/mol. The van der Waals surface area contributed by atoms with Crippen LogP contribution >= 0.6 is 0 Å². The van der Waals surface area contributed by atoms with Crippen LogP contribution in [0.1, 0.15) is 0 Å². The lowest BCUT2D eigenvalue weighted by molar-refractivity contribution is 1.71. The Labute approximate surface area is 310 Å². The summed E-state index contributed by atoms with van der Waals surface area (Å²) in [7, 11) is 0. The van der Waals surface area contributed by atoms with Crippen LogP contribution in [0.3, 0.4) is 0 Å². The van der Waals surface area contributed by atoms with E-state index < -0.39 is 0 Å². The highest BCUT2D eigenvalue weighted by molar-refractivity contribution is 6.43. The van der Waals surface area contributed by atoms with Gasteiger partial charge in [-0.3, -0.25) is 0 Å². The summed E-state index contributed by atoms with van der Waals surface area (Å²) in [6, 6.07) is 68.7. The molecule has 13 aromatic rings. The van der Waals surface area contributed by atoms with Crippen LogP contribution < -0.4 is 0 Å². The zero-order valence-electron chi connectivity index (χ0n) is 29.3. The summed E-state index contributed by atoms with van der Waals surface area (Å²) in [5, 5.41) is 26.2. The molecule has 0 saturated carbocycles. The van der Waals surface area contributed by atoms with E-state index in [0.717, 1.165) is 0 Å². The quantitative estimate of drug-likeness (QED) is 0.160. The second-order valence-corrected chi connectivity index (χ2v) is 15.1. The first-order valence-corrected chi connectivity index (χ1v) is 18.9. The normalized spacial score (nSPS) is 12.4. The van der Waals surface area contributed by atoms with Crippen molar-refractivity contribution in [2.24, 2.45) is 0 Å². The van der Waals surface area contributed by atoms with E-state index in [0.29, 0.717) is 0 Å². The van der Waals surface area contributed by atoms with Gasteiger partial charge in [-0.25, -0.2) is 0 Å². The van der Waals surface area contributed by atoms with Gasteiger partial charge < -0.3 is 0 Å². The van der Waals surface area contributed by atoms with E-state index in [1.807, 2.05) is 0 Å². The van der Waals surface area contributed by atoms with Crippen LogP contribution in [-0.4, -0.2) is 0 Å². The van der Waals surface area contributed by atoms with Crippen LogP contribution in [0, 0.1) is 0 Å². The highest BCUT2D eigenvalue weighted by Gasteiger charge is 2.26. The Kier molecular flexibility index (Phi) is 5.45. The molecule has 0 aliphatic heterocycles. The van der Waals surface area contributed by atoms with E-state index in [1.165, 1.54) is 130 Å². The molecule has 0 heterocycles. The van der Waals surface area contributed by atoms with Gasteiger partial charge in [0, 0.05) is 0 Å². The molecule has 0 aliphatic carbocycles. The van der Waals surface area contributed by atoms with Crippen molar-refractivity contribution in [3.8, 4) is 22.3 Å². The Hall–Kier alpha value is -7.02. The Balaban J connectivity index is 1.35. The molecule has 0 heteroatoms. The van der Waals surface area contributed by atoms with Crippen LogP contribution in [0.4, 0.5) is 0 Å². The highest BCUT2D eigenvalue weighted by atomic mass is 14.3. The summed E-state index contributed by atoms with van der Waals surface area (Å²) < 4.78 is 0. The molecule has 0 fully saturated rings. The van der Waals surface area contributed by atoms with Crippen molar-refractivity contribution in [1.82, 2.24) is 0 Å². The van der Waals surface area contributed by atoms with Crippen molar-refractivity contribution in [3.63, 3.8) is 0 Å². The lowest BCUT2D eigenvalue weighted by Gasteiger charge is -2.18.